The molecule has 3 rings (SSSR count). The Bertz CT molecular complexity index is 495. The number of carbonyl (C=O) groups excluding carboxylic acids is 2. The molecule has 122 valence electrons. The second-order valence-corrected chi connectivity index (χ2v) is 6.54. The Morgan fingerprint density at radius 3 is 2.45 bits per heavy atom. The number of hydrogen-bond donors (Lipinski definition) is 1. The summed E-state index contributed by atoms with van der Waals surface area (Å²) < 4.78 is 0. The highest BCUT2D eigenvalue weighted by Crippen LogP contribution is 2.15. The van der Waals surface area contributed by atoms with Crippen LogP contribution in [0.1, 0.15) is 28.9 Å². The standard InChI is InChI=1S/C15H21N3O2S.ClH/c19-14(12-4-1-2-6-16-12)17-7-9-18(10-8-17)15(20)13-5-3-11-21-13;/h3,5,11-12,16H,1-2,4,6-10H2;1H/t12-;/m0./s1. The van der Waals surface area contributed by atoms with E-state index in [1.54, 1.807) is 0 Å². The van der Waals surface area contributed by atoms with Gasteiger partial charge < -0.3 is 15.1 Å². The molecular formula is C15H22ClN3O2S. The van der Waals surface area contributed by atoms with E-state index in [4.69, 9.17) is 0 Å². The predicted octanol–water partition coefficient (Wildman–Crippen LogP) is 1.60. The molecule has 1 aromatic rings. The summed E-state index contributed by atoms with van der Waals surface area (Å²) in [5, 5.41) is 5.22. The third kappa shape index (κ3) is 3.80. The SMILES string of the molecule is Cl.O=C(c1cccs1)N1CCN(C(=O)[C@@H]2CCCCN2)CC1. The lowest BCUT2D eigenvalue weighted by Gasteiger charge is -2.37. The number of amides is 2. The van der Waals surface area contributed by atoms with Gasteiger partial charge in [0.2, 0.25) is 5.91 Å². The Morgan fingerprint density at radius 1 is 1.14 bits per heavy atom. The van der Waals surface area contributed by atoms with Crippen LogP contribution < -0.4 is 5.32 Å². The van der Waals surface area contributed by atoms with Crippen molar-refractivity contribution in [2.75, 3.05) is 32.7 Å². The maximum absolute atomic E-state index is 12.4. The van der Waals surface area contributed by atoms with E-state index in [2.05, 4.69) is 5.32 Å². The lowest BCUT2D eigenvalue weighted by Crippen LogP contribution is -2.55. The fourth-order valence-electron chi connectivity index (χ4n) is 2.97. The maximum Gasteiger partial charge on any atom is 0.264 e. The number of nitrogens with one attached hydrogen (secondary N) is 1. The molecule has 0 bridgehead atoms. The van der Waals surface area contributed by atoms with Crippen LogP contribution in [0.5, 0.6) is 0 Å². The Labute approximate surface area is 141 Å². The predicted molar refractivity (Wildman–Crippen MR) is 89.7 cm³/mol. The molecule has 2 saturated heterocycles. The Kier molecular flexibility index (Phi) is 6.23. The first-order valence-electron chi connectivity index (χ1n) is 7.60. The van der Waals surface area contributed by atoms with Crippen LogP contribution in [-0.2, 0) is 4.79 Å². The molecular weight excluding hydrogens is 322 g/mol. The largest absolute Gasteiger partial charge is 0.338 e. The molecule has 1 aromatic heterocycles. The average molecular weight is 344 g/mol. The summed E-state index contributed by atoms with van der Waals surface area (Å²) in [5.41, 5.74) is 0. The molecule has 0 aromatic carbocycles. The van der Waals surface area contributed by atoms with E-state index < -0.39 is 0 Å². The van der Waals surface area contributed by atoms with Crippen LogP contribution in [0, 0.1) is 0 Å². The molecule has 22 heavy (non-hydrogen) atoms. The van der Waals surface area contributed by atoms with Crippen LogP contribution >= 0.6 is 23.7 Å². The van der Waals surface area contributed by atoms with E-state index in [0.29, 0.717) is 26.2 Å². The van der Waals surface area contributed by atoms with Gasteiger partial charge in [0, 0.05) is 26.2 Å². The molecule has 0 aliphatic carbocycles. The van der Waals surface area contributed by atoms with Gasteiger partial charge in [0.1, 0.15) is 0 Å². The van der Waals surface area contributed by atoms with Crippen molar-refractivity contribution < 1.29 is 9.59 Å². The normalized spacial score (nSPS) is 22.1. The van der Waals surface area contributed by atoms with Gasteiger partial charge in [-0.2, -0.15) is 0 Å². The van der Waals surface area contributed by atoms with Crippen molar-refractivity contribution in [3.8, 4) is 0 Å². The molecule has 1 N–H and O–H groups in total. The van der Waals surface area contributed by atoms with Crippen LogP contribution in [0.3, 0.4) is 0 Å². The summed E-state index contributed by atoms with van der Waals surface area (Å²) >= 11 is 1.47. The smallest absolute Gasteiger partial charge is 0.264 e. The average Bonchev–Trinajstić information content (AvgIpc) is 3.09. The second-order valence-electron chi connectivity index (χ2n) is 5.60. The summed E-state index contributed by atoms with van der Waals surface area (Å²) in [6.07, 6.45) is 3.22. The van der Waals surface area contributed by atoms with Gasteiger partial charge in [-0.05, 0) is 30.8 Å². The van der Waals surface area contributed by atoms with Crippen molar-refractivity contribution in [2.45, 2.75) is 25.3 Å². The van der Waals surface area contributed by atoms with Crippen LogP contribution in [0.15, 0.2) is 17.5 Å². The summed E-state index contributed by atoms with van der Waals surface area (Å²) in [7, 11) is 0. The third-order valence-electron chi connectivity index (χ3n) is 4.22. The molecule has 0 spiro atoms. The van der Waals surface area contributed by atoms with Crippen molar-refractivity contribution in [1.29, 1.82) is 0 Å². The van der Waals surface area contributed by atoms with Crippen LogP contribution in [0.2, 0.25) is 0 Å². The first kappa shape index (κ1) is 17.2. The minimum absolute atomic E-state index is 0. The molecule has 1 atom stereocenters. The number of carbonyl (C=O) groups is 2. The zero-order valence-corrected chi connectivity index (χ0v) is 14.1. The highest BCUT2D eigenvalue weighted by Gasteiger charge is 2.29. The van der Waals surface area contributed by atoms with Gasteiger partial charge >= 0.3 is 0 Å². The number of nitrogens with zero attached hydrogens (tertiary/aromatic N) is 2. The van der Waals surface area contributed by atoms with Crippen LogP contribution in [-0.4, -0.2) is 60.4 Å². The van der Waals surface area contributed by atoms with Crippen molar-refractivity contribution >= 4 is 35.6 Å². The van der Waals surface area contributed by atoms with Gasteiger partial charge in [-0.15, -0.1) is 23.7 Å². The minimum atomic E-state index is -0.0155. The molecule has 2 amide bonds. The molecule has 2 aliphatic rings. The van der Waals surface area contributed by atoms with E-state index in [-0.39, 0.29) is 30.3 Å². The van der Waals surface area contributed by atoms with Crippen molar-refractivity contribution in [3.05, 3.63) is 22.4 Å². The van der Waals surface area contributed by atoms with E-state index in [0.717, 1.165) is 30.7 Å². The topological polar surface area (TPSA) is 52.7 Å². The molecule has 2 aliphatic heterocycles. The number of rotatable bonds is 2. The zero-order valence-electron chi connectivity index (χ0n) is 12.5. The summed E-state index contributed by atoms with van der Waals surface area (Å²) in [6, 6.07) is 3.74. The molecule has 0 saturated carbocycles. The highest BCUT2D eigenvalue weighted by atomic mass is 35.5. The number of piperidine rings is 1. The lowest BCUT2D eigenvalue weighted by molar-refractivity contribution is -0.135. The fourth-order valence-corrected chi connectivity index (χ4v) is 3.66. The first-order valence-corrected chi connectivity index (χ1v) is 8.48. The second kappa shape index (κ2) is 7.94. The summed E-state index contributed by atoms with van der Waals surface area (Å²) in [5.74, 6) is 0.297. The number of halogens is 1. The quantitative estimate of drug-likeness (QED) is 0.887. The minimum Gasteiger partial charge on any atom is -0.338 e. The summed E-state index contributed by atoms with van der Waals surface area (Å²) in [4.78, 5) is 29.2. The van der Waals surface area contributed by atoms with Crippen molar-refractivity contribution in [1.82, 2.24) is 15.1 Å². The van der Waals surface area contributed by atoms with Gasteiger partial charge in [-0.25, -0.2) is 0 Å². The highest BCUT2D eigenvalue weighted by molar-refractivity contribution is 7.12. The van der Waals surface area contributed by atoms with Crippen LogP contribution in [0.25, 0.3) is 0 Å². The van der Waals surface area contributed by atoms with E-state index in [1.165, 1.54) is 11.3 Å². The lowest BCUT2D eigenvalue weighted by atomic mass is 10.0. The zero-order chi connectivity index (χ0) is 14.7. The fraction of sp³-hybridized carbons (Fsp3) is 0.600. The van der Waals surface area contributed by atoms with Gasteiger partial charge in [0.25, 0.3) is 5.91 Å². The van der Waals surface area contributed by atoms with Crippen molar-refractivity contribution in [3.63, 3.8) is 0 Å². The number of thiophene rings is 1. The van der Waals surface area contributed by atoms with Crippen molar-refractivity contribution in [2.24, 2.45) is 0 Å². The Hall–Kier alpha value is -1.11. The van der Waals surface area contributed by atoms with Gasteiger partial charge in [0.05, 0.1) is 10.9 Å². The Morgan fingerprint density at radius 2 is 1.86 bits per heavy atom. The van der Waals surface area contributed by atoms with E-state index in [9.17, 15) is 9.59 Å². The van der Waals surface area contributed by atoms with E-state index >= 15 is 0 Å². The molecule has 0 radical (unpaired) electrons. The molecule has 0 unspecified atom stereocenters. The van der Waals surface area contributed by atoms with E-state index in [1.807, 2.05) is 27.3 Å². The Balaban J connectivity index is 0.00000176. The first-order chi connectivity index (χ1) is 10.3. The molecule has 2 fully saturated rings. The molecule has 3 heterocycles. The third-order valence-corrected chi connectivity index (χ3v) is 5.08. The van der Waals surface area contributed by atoms with Gasteiger partial charge in [0.15, 0.2) is 0 Å². The number of piperazine rings is 1. The monoisotopic (exact) mass is 343 g/mol. The summed E-state index contributed by atoms with van der Waals surface area (Å²) in [6.45, 7) is 3.50. The van der Waals surface area contributed by atoms with Gasteiger partial charge in [-0.3, -0.25) is 9.59 Å². The number of hydrogen-bond acceptors (Lipinski definition) is 4. The maximum atomic E-state index is 12.4. The van der Waals surface area contributed by atoms with Gasteiger partial charge in [-0.1, -0.05) is 12.5 Å². The molecule has 5 nitrogen and oxygen atoms in total. The molecule has 7 heteroatoms. The van der Waals surface area contributed by atoms with Crippen LogP contribution in [0.4, 0.5) is 0 Å².